The number of carbonyl (C=O) groups is 2. The van der Waals surface area contributed by atoms with Crippen molar-refractivity contribution in [1.82, 2.24) is 0 Å². The zero-order valence-corrected chi connectivity index (χ0v) is 15.6. The van der Waals surface area contributed by atoms with Gasteiger partial charge in [0.2, 0.25) is 0 Å². The van der Waals surface area contributed by atoms with Crippen LogP contribution in [0, 0.1) is 0 Å². The molecule has 0 aromatic heterocycles. The van der Waals surface area contributed by atoms with Crippen LogP contribution in [0.4, 0.5) is 13.2 Å². The minimum atomic E-state index is -4.77. The van der Waals surface area contributed by atoms with Gasteiger partial charge in [-0.1, -0.05) is 12.1 Å². The lowest BCUT2D eigenvalue weighted by molar-refractivity contribution is -0.274. The number of benzene rings is 2. The van der Waals surface area contributed by atoms with Crippen molar-refractivity contribution in [3.8, 4) is 17.2 Å². The highest BCUT2D eigenvalue weighted by molar-refractivity contribution is 5.99. The number of ether oxygens (including phenoxy) is 4. The molecule has 0 saturated carbocycles. The molecule has 0 saturated heterocycles. The summed E-state index contributed by atoms with van der Waals surface area (Å²) in [7, 11) is 0. The molecule has 6 nitrogen and oxygen atoms in total. The van der Waals surface area contributed by atoms with E-state index in [4.69, 9.17) is 14.2 Å². The molecular weight excluding hydrogens is 405 g/mol. The van der Waals surface area contributed by atoms with Crippen molar-refractivity contribution in [2.45, 2.75) is 12.8 Å². The Bertz CT molecular complexity index is 935. The first kappa shape index (κ1) is 21.2. The summed E-state index contributed by atoms with van der Waals surface area (Å²) < 4.78 is 56.1. The van der Waals surface area contributed by atoms with Crippen molar-refractivity contribution in [3.05, 3.63) is 59.7 Å². The Balaban J connectivity index is 1.51. The van der Waals surface area contributed by atoms with E-state index in [0.29, 0.717) is 35.8 Å². The van der Waals surface area contributed by atoms with Crippen molar-refractivity contribution in [2.24, 2.45) is 0 Å². The van der Waals surface area contributed by atoms with E-state index in [9.17, 15) is 22.8 Å². The van der Waals surface area contributed by atoms with Gasteiger partial charge < -0.3 is 18.9 Å². The summed E-state index contributed by atoms with van der Waals surface area (Å²) in [5.41, 5.74) is 0.770. The molecule has 0 bridgehead atoms. The van der Waals surface area contributed by atoms with E-state index in [1.54, 1.807) is 12.1 Å². The Morgan fingerprint density at radius 1 is 1.00 bits per heavy atom. The van der Waals surface area contributed by atoms with E-state index >= 15 is 0 Å². The van der Waals surface area contributed by atoms with Crippen LogP contribution in [0.5, 0.6) is 17.2 Å². The molecule has 1 aliphatic rings. The lowest BCUT2D eigenvalue weighted by Gasteiger charge is -2.09. The predicted octanol–water partition coefficient (Wildman–Crippen LogP) is 4.19. The Morgan fingerprint density at radius 2 is 1.70 bits per heavy atom. The van der Waals surface area contributed by atoms with Crippen molar-refractivity contribution in [1.29, 1.82) is 0 Å². The lowest BCUT2D eigenvalue weighted by atomic mass is 10.1. The first-order chi connectivity index (χ1) is 14.3. The maximum absolute atomic E-state index is 12.2. The normalized spacial score (nSPS) is 13.6. The third-order valence-corrected chi connectivity index (χ3v) is 3.94. The topological polar surface area (TPSA) is 71.1 Å². The van der Waals surface area contributed by atoms with Gasteiger partial charge in [-0.15, -0.1) is 13.2 Å². The zero-order chi connectivity index (χ0) is 21.6. The Hall–Kier alpha value is -3.49. The van der Waals surface area contributed by atoms with Crippen LogP contribution in [-0.2, 0) is 9.53 Å². The van der Waals surface area contributed by atoms with Gasteiger partial charge in [-0.3, -0.25) is 4.79 Å². The molecule has 0 atom stereocenters. The van der Waals surface area contributed by atoms with E-state index < -0.39 is 24.7 Å². The molecule has 0 N–H and O–H groups in total. The molecule has 1 heterocycles. The summed E-state index contributed by atoms with van der Waals surface area (Å²) in [4.78, 5) is 24.0. The first-order valence-electron chi connectivity index (χ1n) is 8.94. The largest absolute Gasteiger partial charge is 0.573 e. The third-order valence-electron chi connectivity index (χ3n) is 3.94. The molecule has 9 heteroatoms. The molecule has 0 radical (unpaired) electrons. The average molecular weight is 422 g/mol. The van der Waals surface area contributed by atoms with Crippen LogP contribution in [0.3, 0.4) is 0 Å². The minimum absolute atomic E-state index is 0.316. The van der Waals surface area contributed by atoms with E-state index in [1.807, 2.05) is 0 Å². The SMILES string of the molecule is O=C(/C=C/c1ccc(OC(F)(F)F)cc1)OCC(=O)c1ccc2c(c1)OCCCO2. The van der Waals surface area contributed by atoms with Crippen molar-refractivity contribution in [2.75, 3.05) is 19.8 Å². The second-order valence-corrected chi connectivity index (χ2v) is 6.19. The molecule has 30 heavy (non-hydrogen) atoms. The highest BCUT2D eigenvalue weighted by atomic mass is 19.4. The molecule has 158 valence electrons. The lowest BCUT2D eigenvalue weighted by Crippen LogP contribution is -2.16. The molecule has 2 aromatic rings. The number of esters is 1. The van der Waals surface area contributed by atoms with Crippen LogP contribution in [0.1, 0.15) is 22.3 Å². The Labute approximate surface area is 169 Å². The number of rotatable bonds is 6. The van der Waals surface area contributed by atoms with Gasteiger partial charge in [-0.2, -0.15) is 0 Å². The predicted molar refractivity (Wildman–Crippen MR) is 99.5 cm³/mol. The second-order valence-electron chi connectivity index (χ2n) is 6.19. The highest BCUT2D eigenvalue weighted by Gasteiger charge is 2.30. The van der Waals surface area contributed by atoms with E-state index in [0.717, 1.165) is 24.6 Å². The fraction of sp³-hybridized carbons (Fsp3) is 0.238. The molecular formula is C21H17F3O6. The summed E-state index contributed by atoms with van der Waals surface area (Å²) in [6, 6.07) is 9.64. The number of Topliss-reactive ketones (excluding diaryl/α,β-unsaturated/α-hetero) is 1. The van der Waals surface area contributed by atoms with Gasteiger partial charge in [-0.05, 0) is 42.0 Å². The number of alkyl halides is 3. The van der Waals surface area contributed by atoms with E-state index in [-0.39, 0.29) is 5.75 Å². The average Bonchev–Trinajstić information content (AvgIpc) is 2.95. The van der Waals surface area contributed by atoms with Crippen molar-refractivity contribution >= 4 is 17.8 Å². The van der Waals surface area contributed by atoms with Gasteiger partial charge in [0.25, 0.3) is 0 Å². The van der Waals surface area contributed by atoms with Gasteiger partial charge in [0, 0.05) is 18.1 Å². The number of hydrogen-bond acceptors (Lipinski definition) is 6. The fourth-order valence-corrected chi connectivity index (χ4v) is 2.55. The summed E-state index contributed by atoms with van der Waals surface area (Å²) in [6.07, 6.45) is -1.62. The standard InChI is InChI=1S/C21H17F3O6/c22-21(23,24)30-16-6-2-14(3-7-16)4-9-20(26)29-13-17(25)15-5-8-18-19(12-15)28-11-1-10-27-18/h2-9,12H,1,10-11,13H2/b9-4+. The van der Waals surface area contributed by atoms with Crippen LogP contribution < -0.4 is 14.2 Å². The number of carbonyl (C=O) groups excluding carboxylic acids is 2. The van der Waals surface area contributed by atoms with Crippen LogP contribution >= 0.6 is 0 Å². The summed E-state index contributed by atoms with van der Waals surface area (Å²) >= 11 is 0. The number of hydrogen-bond donors (Lipinski definition) is 0. The molecule has 0 amide bonds. The molecule has 2 aromatic carbocycles. The smallest absolute Gasteiger partial charge is 0.490 e. The monoisotopic (exact) mass is 422 g/mol. The number of fused-ring (bicyclic) bond motifs is 1. The Morgan fingerprint density at radius 3 is 2.40 bits per heavy atom. The third kappa shape index (κ3) is 6.26. The fourth-order valence-electron chi connectivity index (χ4n) is 2.55. The van der Waals surface area contributed by atoms with Crippen molar-refractivity contribution in [3.63, 3.8) is 0 Å². The van der Waals surface area contributed by atoms with Crippen LogP contribution in [0.25, 0.3) is 6.08 Å². The summed E-state index contributed by atoms with van der Waals surface area (Å²) in [5, 5.41) is 0. The number of halogens is 3. The molecule has 1 aliphatic heterocycles. The molecule has 0 unspecified atom stereocenters. The molecule has 0 aliphatic carbocycles. The zero-order valence-electron chi connectivity index (χ0n) is 15.6. The van der Waals surface area contributed by atoms with Gasteiger partial charge in [0.1, 0.15) is 5.75 Å². The minimum Gasteiger partial charge on any atom is -0.490 e. The van der Waals surface area contributed by atoms with E-state index in [2.05, 4.69) is 4.74 Å². The van der Waals surface area contributed by atoms with Crippen LogP contribution in [0.15, 0.2) is 48.5 Å². The van der Waals surface area contributed by atoms with Gasteiger partial charge in [-0.25, -0.2) is 4.79 Å². The number of ketones is 1. The maximum Gasteiger partial charge on any atom is 0.573 e. The van der Waals surface area contributed by atoms with Crippen molar-refractivity contribution < 1.29 is 41.7 Å². The quantitative estimate of drug-likeness (QED) is 0.395. The molecule has 3 rings (SSSR count). The maximum atomic E-state index is 12.2. The summed E-state index contributed by atoms with van der Waals surface area (Å²) in [6.45, 7) is 0.539. The molecule has 0 fully saturated rings. The first-order valence-corrected chi connectivity index (χ1v) is 8.94. The Kier molecular flexibility index (Phi) is 6.61. The van der Waals surface area contributed by atoms with Gasteiger partial charge >= 0.3 is 12.3 Å². The van der Waals surface area contributed by atoms with Gasteiger partial charge in [0.05, 0.1) is 13.2 Å². The second kappa shape index (κ2) is 9.34. The summed E-state index contributed by atoms with van der Waals surface area (Å²) in [5.74, 6) is -0.546. The van der Waals surface area contributed by atoms with Crippen LogP contribution in [-0.4, -0.2) is 37.9 Å². The van der Waals surface area contributed by atoms with Gasteiger partial charge in [0.15, 0.2) is 23.9 Å². The highest BCUT2D eigenvalue weighted by Crippen LogP contribution is 2.30. The van der Waals surface area contributed by atoms with E-state index in [1.165, 1.54) is 24.3 Å². The molecule has 0 spiro atoms. The van der Waals surface area contributed by atoms with Crippen LogP contribution in [0.2, 0.25) is 0 Å².